The number of hydrogen-bond acceptors (Lipinski definition) is 4. The average molecular weight is 403 g/mol. The second-order valence-corrected chi connectivity index (χ2v) is 8.05. The van der Waals surface area contributed by atoms with Crippen molar-refractivity contribution < 1.29 is 17.9 Å². The molecule has 1 atom stereocenters. The predicted octanol–water partition coefficient (Wildman–Crippen LogP) is 5.52. The van der Waals surface area contributed by atoms with Crippen LogP contribution in [0.2, 0.25) is 0 Å². The van der Waals surface area contributed by atoms with E-state index in [2.05, 4.69) is 9.97 Å². The van der Waals surface area contributed by atoms with Crippen LogP contribution in [0, 0.1) is 11.7 Å². The third kappa shape index (κ3) is 5.23. The monoisotopic (exact) mass is 403 g/mol. The first kappa shape index (κ1) is 21.0. The number of ether oxygens (including phenoxy) is 1. The van der Waals surface area contributed by atoms with Crippen molar-refractivity contribution in [3.63, 3.8) is 0 Å². The minimum atomic E-state index is -2.76. The van der Waals surface area contributed by atoms with Gasteiger partial charge in [-0.25, -0.2) is 18.2 Å². The summed E-state index contributed by atoms with van der Waals surface area (Å²) in [6.07, 6.45) is 0.934. The van der Waals surface area contributed by atoms with Gasteiger partial charge in [-0.2, -0.15) is 0 Å². The van der Waals surface area contributed by atoms with E-state index >= 15 is 0 Å². The van der Waals surface area contributed by atoms with Gasteiger partial charge >= 0.3 is 0 Å². The fourth-order valence-corrected chi connectivity index (χ4v) is 3.44. The molecular weight excluding hydrogens is 379 g/mol. The SMILES string of the molecule is CC(COc1ncc(-c2ccnc3ccc(F)cc23)cc1C(F)F)CC(C)(C)N. The summed E-state index contributed by atoms with van der Waals surface area (Å²) in [5, 5.41) is 0.530. The van der Waals surface area contributed by atoms with Crippen molar-refractivity contribution in [3.8, 4) is 17.0 Å². The predicted molar refractivity (Wildman–Crippen MR) is 107 cm³/mol. The van der Waals surface area contributed by atoms with Crippen LogP contribution in [0.5, 0.6) is 5.88 Å². The van der Waals surface area contributed by atoms with E-state index in [1.165, 1.54) is 24.4 Å². The highest BCUT2D eigenvalue weighted by Gasteiger charge is 2.21. The van der Waals surface area contributed by atoms with Gasteiger partial charge in [-0.3, -0.25) is 4.98 Å². The van der Waals surface area contributed by atoms with Gasteiger partial charge < -0.3 is 10.5 Å². The van der Waals surface area contributed by atoms with Crippen LogP contribution in [0.1, 0.15) is 39.2 Å². The average Bonchev–Trinajstić information content (AvgIpc) is 2.64. The van der Waals surface area contributed by atoms with Gasteiger partial charge in [0.1, 0.15) is 5.82 Å². The number of nitrogens with zero attached hydrogens (tertiary/aromatic N) is 2. The van der Waals surface area contributed by atoms with Crippen molar-refractivity contribution in [2.75, 3.05) is 6.61 Å². The highest BCUT2D eigenvalue weighted by atomic mass is 19.3. The lowest BCUT2D eigenvalue weighted by Gasteiger charge is -2.23. The number of rotatable bonds is 7. The molecule has 1 aromatic carbocycles. The Bertz CT molecular complexity index is 1000. The summed E-state index contributed by atoms with van der Waals surface area (Å²) >= 11 is 0. The molecule has 0 amide bonds. The van der Waals surface area contributed by atoms with Crippen LogP contribution in [0.3, 0.4) is 0 Å². The van der Waals surface area contributed by atoms with Gasteiger partial charge in [-0.1, -0.05) is 6.92 Å². The van der Waals surface area contributed by atoms with E-state index in [9.17, 15) is 13.2 Å². The molecule has 0 saturated carbocycles. The molecule has 4 nitrogen and oxygen atoms in total. The summed E-state index contributed by atoms with van der Waals surface area (Å²) in [6.45, 7) is 5.99. The Morgan fingerprint density at radius 2 is 1.90 bits per heavy atom. The fraction of sp³-hybridized carbons (Fsp3) is 0.364. The van der Waals surface area contributed by atoms with Crippen LogP contribution in [0.4, 0.5) is 13.2 Å². The number of aromatic nitrogens is 2. The molecule has 3 aromatic rings. The summed E-state index contributed by atoms with van der Waals surface area (Å²) in [6, 6.07) is 7.18. The maximum absolute atomic E-state index is 13.7. The normalized spacial score (nSPS) is 13.1. The standard InChI is InChI=1S/C22H24F3N3O/c1-13(10-22(2,3)26)12-29-21-18(20(24)25)8-14(11-28-21)16-6-7-27-19-5-4-15(23)9-17(16)19/h4-9,11,13,20H,10,12,26H2,1-3H3. The van der Waals surface area contributed by atoms with E-state index in [4.69, 9.17) is 10.5 Å². The van der Waals surface area contributed by atoms with E-state index in [-0.39, 0.29) is 29.5 Å². The van der Waals surface area contributed by atoms with Crippen molar-refractivity contribution >= 4 is 10.9 Å². The lowest BCUT2D eigenvalue weighted by Crippen LogP contribution is -2.35. The van der Waals surface area contributed by atoms with E-state index < -0.39 is 12.2 Å². The van der Waals surface area contributed by atoms with Crippen molar-refractivity contribution in [1.82, 2.24) is 9.97 Å². The summed E-state index contributed by atoms with van der Waals surface area (Å²) in [5.74, 6) is -0.449. The van der Waals surface area contributed by atoms with Crippen molar-refractivity contribution in [2.45, 2.75) is 39.2 Å². The van der Waals surface area contributed by atoms with Gasteiger partial charge in [0.2, 0.25) is 5.88 Å². The van der Waals surface area contributed by atoms with Gasteiger partial charge in [-0.05, 0) is 62.1 Å². The molecule has 0 saturated heterocycles. The molecule has 2 heterocycles. The summed E-state index contributed by atoms with van der Waals surface area (Å²) in [4.78, 5) is 8.32. The molecule has 0 aliphatic rings. The van der Waals surface area contributed by atoms with Crippen LogP contribution < -0.4 is 10.5 Å². The molecule has 2 N–H and O–H groups in total. The molecule has 0 spiro atoms. The molecule has 0 aliphatic heterocycles. The summed E-state index contributed by atoms with van der Waals surface area (Å²) in [5.41, 5.74) is 6.92. The molecule has 2 aromatic heterocycles. The number of hydrogen-bond donors (Lipinski definition) is 1. The second-order valence-electron chi connectivity index (χ2n) is 8.05. The highest BCUT2D eigenvalue weighted by molar-refractivity contribution is 5.94. The first-order valence-corrected chi connectivity index (χ1v) is 9.38. The Kier molecular flexibility index (Phi) is 6.07. The van der Waals surface area contributed by atoms with Gasteiger partial charge in [0.05, 0.1) is 17.7 Å². The van der Waals surface area contributed by atoms with E-state index in [1.54, 1.807) is 18.3 Å². The van der Waals surface area contributed by atoms with Crippen LogP contribution in [0.25, 0.3) is 22.0 Å². The van der Waals surface area contributed by atoms with Crippen LogP contribution in [-0.4, -0.2) is 22.1 Å². The quantitative estimate of drug-likeness (QED) is 0.565. The van der Waals surface area contributed by atoms with Crippen molar-refractivity contribution in [2.24, 2.45) is 11.7 Å². The Hall–Kier alpha value is -2.67. The highest BCUT2D eigenvalue weighted by Crippen LogP contribution is 2.34. The number of pyridine rings is 2. The maximum atomic E-state index is 13.7. The van der Waals surface area contributed by atoms with Gasteiger partial charge in [0.15, 0.2) is 0 Å². The third-order valence-corrected chi connectivity index (χ3v) is 4.51. The van der Waals surface area contributed by atoms with Crippen molar-refractivity contribution in [1.29, 1.82) is 0 Å². The van der Waals surface area contributed by atoms with E-state index in [1.807, 2.05) is 20.8 Å². The first-order chi connectivity index (χ1) is 13.6. The zero-order valence-electron chi connectivity index (χ0n) is 16.6. The number of halogens is 3. The molecule has 3 rings (SSSR count). The molecule has 0 radical (unpaired) electrons. The zero-order valence-corrected chi connectivity index (χ0v) is 16.6. The smallest absolute Gasteiger partial charge is 0.269 e. The number of nitrogens with two attached hydrogens (primary N) is 1. The van der Waals surface area contributed by atoms with Crippen LogP contribution in [0.15, 0.2) is 42.7 Å². The number of benzene rings is 1. The molecule has 29 heavy (non-hydrogen) atoms. The Labute approximate surface area is 167 Å². The van der Waals surface area contributed by atoms with Gasteiger partial charge in [0, 0.05) is 28.9 Å². The Morgan fingerprint density at radius 3 is 2.59 bits per heavy atom. The molecule has 7 heteroatoms. The van der Waals surface area contributed by atoms with Gasteiger partial charge in [-0.15, -0.1) is 0 Å². The number of fused-ring (bicyclic) bond motifs is 1. The topological polar surface area (TPSA) is 61.0 Å². The van der Waals surface area contributed by atoms with Crippen molar-refractivity contribution in [3.05, 3.63) is 54.1 Å². The minimum absolute atomic E-state index is 0.0779. The Balaban J connectivity index is 1.92. The molecular formula is C22H24F3N3O. The lowest BCUT2D eigenvalue weighted by molar-refractivity contribution is 0.140. The lowest BCUT2D eigenvalue weighted by atomic mass is 9.93. The number of alkyl halides is 2. The summed E-state index contributed by atoms with van der Waals surface area (Å²) in [7, 11) is 0. The molecule has 0 bridgehead atoms. The largest absolute Gasteiger partial charge is 0.477 e. The Morgan fingerprint density at radius 1 is 1.14 bits per heavy atom. The second kappa shape index (κ2) is 8.37. The summed E-state index contributed by atoms with van der Waals surface area (Å²) < 4.78 is 46.7. The molecule has 0 aliphatic carbocycles. The third-order valence-electron chi connectivity index (χ3n) is 4.51. The van der Waals surface area contributed by atoms with Crippen LogP contribution >= 0.6 is 0 Å². The minimum Gasteiger partial charge on any atom is -0.477 e. The van der Waals surface area contributed by atoms with Crippen LogP contribution in [-0.2, 0) is 0 Å². The van der Waals surface area contributed by atoms with E-state index in [0.717, 1.165) is 0 Å². The first-order valence-electron chi connectivity index (χ1n) is 9.38. The molecule has 0 fully saturated rings. The van der Waals surface area contributed by atoms with Gasteiger partial charge in [0.25, 0.3) is 6.43 Å². The van der Waals surface area contributed by atoms with E-state index in [0.29, 0.717) is 28.5 Å². The maximum Gasteiger partial charge on any atom is 0.269 e. The zero-order chi connectivity index (χ0) is 21.2. The molecule has 154 valence electrons. The molecule has 1 unspecified atom stereocenters. The fourth-order valence-electron chi connectivity index (χ4n) is 3.44.